The Morgan fingerprint density at radius 2 is 1.68 bits per heavy atom. The Hall–Kier alpha value is -3.48. The van der Waals surface area contributed by atoms with Gasteiger partial charge in [0.1, 0.15) is 11.6 Å². The van der Waals surface area contributed by atoms with Crippen molar-refractivity contribution in [3.05, 3.63) is 77.4 Å². The molecule has 2 aromatic carbocycles. The van der Waals surface area contributed by atoms with Crippen LogP contribution in [0.3, 0.4) is 0 Å². The molecule has 2 amide bonds. The van der Waals surface area contributed by atoms with Crippen LogP contribution in [-0.4, -0.2) is 51.1 Å². The van der Waals surface area contributed by atoms with E-state index in [1.807, 2.05) is 47.4 Å². The molecule has 158 valence electrons. The van der Waals surface area contributed by atoms with Gasteiger partial charge < -0.3 is 14.4 Å². The van der Waals surface area contributed by atoms with Gasteiger partial charge in [-0.05, 0) is 36.2 Å². The maximum Gasteiger partial charge on any atom is 0.253 e. The Bertz CT molecular complexity index is 1090. The van der Waals surface area contributed by atoms with Crippen molar-refractivity contribution in [3.63, 3.8) is 0 Å². The number of hydrogen-bond donors (Lipinski definition) is 0. The number of rotatable bonds is 4. The third-order valence-corrected chi connectivity index (χ3v) is 6.09. The van der Waals surface area contributed by atoms with Gasteiger partial charge in [0, 0.05) is 56.7 Å². The van der Waals surface area contributed by atoms with Crippen LogP contribution in [0, 0.1) is 0 Å². The van der Waals surface area contributed by atoms with Gasteiger partial charge in [-0.25, -0.2) is 0 Å². The van der Waals surface area contributed by atoms with E-state index in [1.165, 1.54) is 5.56 Å². The van der Waals surface area contributed by atoms with Crippen LogP contribution in [0.1, 0.15) is 40.4 Å². The normalized spacial score (nSPS) is 16.3. The smallest absolute Gasteiger partial charge is 0.253 e. The molecule has 0 atom stereocenters. The molecule has 0 saturated carbocycles. The summed E-state index contributed by atoms with van der Waals surface area (Å²) in [7, 11) is 0. The third-order valence-electron chi connectivity index (χ3n) is 6.09. The van der Waals surface area contributed by atoms with Crippen LogP contribution in [0.25, 0.3) is 0 Å². The number of fused-ring (bicyclic) bond motifs is 1. The first kappa shape index (κ1) is 19.5. The molecule has 0 bridgehead atoms. The van der Waals surface area contributed by atoms with Crippen molar-refractivity contribution in [3.8, 4) is 0 Å². The fourth-order valence-corrected chi connectivity index (χ4v) is 4.38. The first-order valence-electron chi connectivity index (χ1n) is 10.8. The molecule has 3 aromatic rings. The predicted molar refractivity (Wildman–Crippen MR) is 117 cm³/mol. The van der Waals surface area contributed by atoms with E-state index in [0.29, 0.717) is 38.0 Å². The molecule has 2 aliphatic rings. The van der Waals surface area contributed by atoms with Gasteiger partial charge in [0.15, 0.2) is 0 Å². The van der Waals surface area contributed by atoms with E-state index < -0.39 is 0 Å². The quantitative estimate of drug-likeness (QED) is 0.657. The van der Waals surface area contributed by atoms with Gasteiger partial charge in [-0.15, -0.1) is 10.2 Å². The van der Waals surface area contributed by atoms with Gasteiger partial charge in [0.05, 0.1) is 0 Å². The lowest BCUT2D eigenvalue weighted by Crippen LogP contribution is -2.33. The number of anilines is 1. The number of benzene rings is 2. The number of nitrogens with zero attached hydrogens (tertiary/aromatic N) is 5. The zero-order valence-corrected chi connectivity index (χ0v) is 17.4. The molecular formula is C24H25N5O2. The second-order valence-electron chi connectivity index (χ2n) is 8.08. The van der Waals surface area contributed by atoms with Crippen molar-refractivity contribution < 1.29 is 9.59 Å². The number of carbonyl (C=O) groups is 2. The molecule has 0 spiro atoms. The van der Waals surface area contributed by atoms with Crippen LogP contribution >= 0.6 is 0 Å². The molecule has 0 radical (unpaired) electrons. The van der Waals surface area contributed by atoms with Gasteiger partial charge in [0.25, 0.3) is 5.91 Å². The summed E-state index contributed by atoms with van der Waals surface area (Å²) < 4.78 is 2.16. The van der Waals surface area contributed by atoms with Gasteiger partial charge in [-0.1, -0.05) is 30.3 Å². The summed E-state index contributed by atoms with van der Waals surface area (Å²) in [4.78, 5) is 28.7. The number of carbonyl (C=O) groups excluding carboxylic acids is 2. The summed E-state index contributed by atoms with van der Waals surface area (Å²) in [6.07, 6.45) is 2.92. The zero-order valence-electron chi connectivity index (χ0n) is 17.4. The second-order valence-corrected chi connectivity index (χ2v) is 8.08. The molecule has 5 rings (SSSR count). The van der Waals surface area contributed by atoms with Gasteiger partial charge in [0.2, 0.25) is 5.91 Å². The SMILES string of the molecule is O=C(c1ccc(N2CCCC2=O)cc1)N1CCc2nnc(Cc3ccccc3)n2CC1. The fraction of sp³-hybridized carbons (Fsp3) is 0.333. The van der Waals surface area contributed by atoms with Crippen LogP contribution < -0.4 is 4.90 Å². The molecule has 1 aromatic heterocycles. The van der Waals surface area contributed by atoms with Crippen LogP contribution in [0.2, 0.25) is 0 Å². The first-order chi connectivity index (χ1) is 15.2. The largest absolute Gasteiger partial charge is 0.336 e. The molecule has 0 aliphatic carbocycles. The fourth-order valence-electron chi connectivity index (χ4n) is 4.38. The number of amides is 2. The summed E-state index contributed by atoms with van der Waals surface area (Å²) in [6, 6.07) is 17.7. The topological polar surface area (TPSA) is 71.3 Å². The molecule has 7 nitrogen and oxygen atoms in total. The Morgan fingerprint density at radius 3 is 2.42 bits per heavy atom. The Balaban J connectivity index is 1.27. The van der Waals surface area contributed by atoms with Crippen LogP contribution in [0.4, 0.5) is 5.69 Å². The first-order valence-corrected chi connectivity index (χ1v) is 10.8. The standard InChI is InChI=1S/C24H25N5O2/c30-23-7-4-13-28(23)20-10-8-19(9-11-20)24(31)27-14-12-21-25-26-22(29(21)16-15-27)17-18-5-2-1-3-6-18/h1-3,5-6,8-11H,4,7,12-17H2. The summed E-state index contributed by atoms with van der Waals surface area (Å²) in [5.41, 5.74) is 2.72. The number of hydrogen-bond acceptors (Lipinski definition) is 4. The van der Waals surface area contributed by atoms with E-state index in [4.69, 9.17) is 0 Å². The summed E-state index contributed by atoms with van der Waals surface area (Å²) in [5, 5.41) is 8.77. The monoisotopic (exact) mass is 415 g/mol. The minimum absolute atomic E-state index is 0.0163. The van der Waals surface area contributed by atoms with Crippen molar-refractivity contribution >= 4 is 17.5 Å². The minimum atomic E-state index is 0.0163. The van der Waals surface area contributed by atoms with Crippen molar-refractivity contribution in [2.24, 2.45) is 0 Å². The molecular weight excluding hydrogens is 390 g/mol. The van der Waals surface area contributed by atoms with Crippen LogP contribution in [0.5, 0.6) is 0 Å². The van der Waals surface area contributed by atoms with Crippen molar-refractivity contribution in [1.82, 2.24) is 19.7 Å². The minimum Gasteiger partial charge on any atom is -0.336 e. The van der Waals surface area contributed by atoms with E-state index in [0.717, 1.165) is 36.7 Å². The lowest BCUT2D eigenvalue weighted by Gasteiger charge is -2.21. The zero-order chi connectivity index (χ0) is 21.2. The third kappa shape index (κ3) is 3.95. The predicted octanol–water partition coefficient (Wildman–Crippen LogP) is 2.69. The molecule has 2 aliphatic heterocycles. The molecule has 0 N–H and O–H groups in total. The lowest BCUT2D eigenvalue weighted by atomic mass is 10.1. The van der Waals surface area contributed by atoms with Crippen molar-refractivity contribution in [2.45, 2.75) is 32.2 Å². The van der Waals surface area contributed by atoms with Crippen molar-refractivity contribution in [1.29, 1.82) is 0 Å². The Morgan fingerprint density at radius 1 is 0.871 bits per heavy atom. The van der Waals surface area contributed by atoms with Gasteiger partial charge in [-0.3, -0.25) is 9.59 Å². The summed E-state index contributed by atoms with van der Waals surface area (Å²) in [6.45, 7) is 2.69. The highest BCUT2D eigenvalue weighted by Gasteiger charge is 2.24. The van der Waals surface area contributed by atoms with E-state index in [2.05, 4.69) is 26.9 Å². The van der Waals surface area contributed by atoms with Crippen molar-refractivity contribution in [2.75, 3.05) is 24.5 Å². The highest BCUT2D eigenvalue weighted by atomic mass is 16.2. The average Bonchev–Trinajstić information content (AvgIpc) is 3.33. The Kier molecular flexibility index (Phi) is 5.24. The maximum absolute atomic E-state index is 13.1. The summed E-state index contributed by atoms with van der Waals surface area (Å²) in [5.74, 6) is 2.04. The lowest BCUT2D eigenvalue weighted by molar-refractivity contribution is -0.117. The van der Waals surface area contributed by atoms with E-state index in [9.17, 15) is 9.59 Å². The average molecular weight is 415 g/mol. The van der Waals surface area contributed by atoms with Gasteiger partial charge >= 0.3 is 0 Å². The number of aromatic nitrogens is 3. The Labute approximate surface area is 181 Å². The molecule has 7 heteroatoms. The highest BCUT2D eigenvalue weighted by Crippen LogP contribution is 2.22. The maximum atomic E-state index is 13.1. The molecule has 1 saturated heterocycles. The van der Waals surface area contributed by atoms with E-state index in [1.54, 1.807) is 4.90 Å². The second kappa shape index (κ2) is 8.34. The van der Waals surface area contributed by atoms with Gasteiger partial charge in [-0.2, -0.15) is 0 Å². The molecule has 0 unspecified atom stereocenters. The van der Waals surface area contributed by atoms with Crippen LogP contribution in [-0.2, 0) is 24.2 Å². The highest BCUT2D eigenvalue weighted by molar-refractivity contribution is 5.97. The van der Waals surface area contributed by atoms with E-state index >= 15 is 0 Å². The molecule has 1 fully saturated rings. The molecule has 3 heterocycles. The van der Waals surface area contributed by atoms with Crippen LogP contribution in [0.15, 0.2) is 54.6 Å². The van der Waals surface area contributed by atoms with E-state index in [-0.39, 0.29) is 11.8 Å². The summed E-state index contributed by atoms with van der Waals surface area (Å²) >= 11 is 0. The molecule has 31 heavy (non-hydrogen) atoms.